The van der Waals surface area contributed by atoms with Crippen LogP contribution in [0.4, 0.5) is 0 Å². The lowest BCUT2D eigenvalue weighted by atomic mass is 10.0. The standard InChI is InChI=1S/C22H28N4O7.C14H21N5O/c1-32-16-7-5-13(10-17(16)33-2)11-23-22(31)20(29)15-4-3-9-26(15)19(28)12-24-21(30)14-6-8-18(27)25-14;1-10(20)18-6-11-3-2-4-12(14(11)9-18)7-19(17)8-13(16)5-15/h5,7,10,14-15H,3-4,6,8-9,11-12H2,1-2H3,(H,23,31)(H,24,30)(H,25,27);2-4,8H,5-7,9,15-17H2,1H3/b;13-8-. The summed E-state index contributed by atoms with van der Waals surface area (Å²) in [6.45, 7) is 3.85. The third kappa shape index (κ3) is 10.7. The average molecular weight is 736 g/mol. The highest BCUT2D eigenvalue weighted by atomic mass is 16.5. The number of nitrogens with one attached hydrogen (secondary N) is 3. The number of likely N-dealkylation sites (tertiary alicyclic amines) is 1. The minimum absolute atomic E-state index is 0.0871. The van der Waals surface area contributed by atoms with Gasteiger partial charge >= 0.3 is 0 Å². The van der Waals surface area contributed by atoms with Crippen molar-refractivity contribution in [2.24, 2.45) is 17.3 Å². The molecular formula is C36H49N9O8. The van der Waals surface area contributed by atoms with Gasteiger partial charge in [0.2, 0.25) is 29.4 Å². The summed E-state index contributed by atoms with van der Waals surface area (Å²) in [5, 5.41) is 9.14. The molecule has 0 spiro atoms. The molecule has 0 aliphatic carbocycles. The Labute approximate surface area is 308 Å². The Morgan fingerprint density at radius 1 is 1.04 bits per heavy atom. The van der Waals surface area contributed by atoms with Crippen LogP contribution in [0.2, 0.25) is 0 Å². The molecule has 3 aliphatic heterocycles. The van der Waals surface area contributed by atoms with Gasteiger partial charge in [-0.05, 0) is 53.6 Å². The van der Waals surface area contributed by atoms with E-state index in [0.29, 0.717) is 62.6 Å². The number of fused-ring (bicyclic) bond motifs is 1. The van der Waals surface area contributed by atoms with Crippen LogP contribution in [0.5, 0.6) is 11.5 Å². The number of nitrogens with zero attached hydrogens (tertiary/aromatic N) is 3. The van der Waals surface area contributed by atoms with Gasteiger partial charge in [0, 0.05) is 58.0 Å². The molecule has 0 radical (unpaired) electrons. The van der Waals surface area contributed by atoms with E-state index in [9.17, 15) is 28.8 Å². The number of ether oxygens (including phenoxy) is 2. The van der Waals surface area contributed by atoms with Crippen LogP contribution in [-0.4, -0.2) is 96.1 Å². The van der Waals surface area contributed by atoms with Gasteiger partial charge in [-0.15, -0.1) is 0 Å². The van der Waals surface area contributed by atoms with E-state index in [0.717, 1.165) is 11.1 Å². The fraction of sp³-hybridized carbons (Fsp3) is 0.444. The summed E-state index contributed by atoms with van der Waals surface area (Å²) in [5.41, 5.74) is 15.8. The van der Waals surface area contributed by atoms with E-state index in [1.165, 1.54) is 35.3 Å². The van der Waals surface area contributed by atoms with Gasteiger partial charge in [0.15, 0.2) is 11.5 Å². The Morgan fingerprint density at radius 2 is 1.79 bits per heavy atom. The van der Waals surface area contributed by atoms with Crippen LogP contribution in [0.1, 0.15) is 54.9 Å². The normalized spacial score (nSPS) is 17.6. The van der Waals surface area contributed by atoms with Gasteiger partial charge in [0.05, 0.1) is 27.3 Å². The molecule has 53 heavy (non-hydrogen) atoms. The summed E-state index contributed by atoms with van der Waals surface area (Å²) >= 11 is 0. The van der Waals surface area contributed by atoms with Crippen molar-refractivity contribution in [2.45, 2.75) is 70.9 Å². The molecule has 2 aromatic rings. The maximum Gasteiger partial charge on any atom is 0.289 e. The number of Topliss-reactive ketones (excluding diaryl/α,β-unsaturated/α-hetero) is 1. The van der Waals surface area contributed by atoms with Gasteiger partial charge in [-0.3, -0.25) is 28.8 Å². The van der Waals surface area contributed by atoms with Crippen LogP contribution in [0, 0.1) is 0 Å². The monoisotopic (exact) mass is 735 g/mol. The van der Waals surface area contributed by atoms with Gasteiger partial charge in [0.25, 0.3) is 5.91 Å². The van der Waals surface area contributed by atoms with Gasteiger partial charge in [-0.25, -0.2) is 5.84 Å². The molecule has 5 amide bonds. The molecule has 3 aliphatic rings. The molecular weight excluding hydrogens is 686 g/mol. The molecule has 17 nitrogen and oxygen atoms in total. The second kappa shape index (κ2) is 18.7. The van der Waals surface area contributed by atoms with E-state index < -0.39 is 35.6 Å². The zero-order valence-corrected chi connectivity index (χ0v) is 30.3. The number of carbonyl (C=O) groups is 6. The van der Waals surface area contributed by atoms with Crippen LogP contribution >= 0.6 is 0 Å². The van der Waals surface area contributed by atoms with Crippen molar-refractivity contribution in [3.63, 3.8) is 0 Å². The predicted molar refractivity (Wildman–Crippen MR) is 193 cm³/mol. The fourth-order valence-electron chi connectivity index (χ4n) is 6.32. The first kappa shape index (κ1) is 40.1. The Bertz CT molecular complexity index is 1730. The zero-order valence-electron chi connectivity index (χ0n) is 30.3. The minimum atomic E-state index is -0.869. The molecule has 2 unspecified atom stereocenters. The van der Waals surface area contributed by atoms with Crippen LogP contribution < -0.4 is 42.7 Å². The minimum Gasteiger partial charge on any atom is -0.493 e. The van der Waals surface area contributed by atoms with Crippen molar-refractivity contribution >= 4 is 35.3 Å². The van der Waals surface area contributed by atoms with Crippen molar-refractivity contribution in [1.82, 2.24) is 30.8 Å². The molecule has 3 heterocycles. The van der Waals surface area contributed by atoms with E-state index in [1.807, 2.05) is 23.1 Å². The first-order valence-corrected chi connectivity index (χ1v) is 17.3. The molecule has 2 aromatic carbocycles. The topological polar surface area (TPSA) is 245 Å². The van der Waals surface area contributed by atoms with Crippen LogP contribution in [-0.2, 0) is 54.9 Å². The maximum atomic E-state index is 12.7. The van der Waals surface area contributed by atoms with E-state index in [-0.39, 0.29) is 37.9 Å². The number of carbonyl (C=O) groups excluding carboxylic acids is 6. The molecule has 0 saturated carbocycles. The molecule has 286 valence electrons. The third-order valence-corrected chi connectivity index (χ3v) is 9.17. The van der Waals surface area contributed by atoms with Crippen molar-refractivity contribution in [1.29, 1.82) is 0 Å². The van der Waals surface area contributed by atoms with Gasteiger partial charge in [-0.2, -0.15) is 0 Å². The lowest BCUT2D eigenvalue weighted by molar-refractivity contribution is -0.144. The van der Waals surface area contributed by atoms with Gasteiger partial charge < -0.3 is 51.7 Å². The average Bonchev–Trinajstić information content (AvgIpc) is 3.93. The Morgan fingerprint density at radius 3 is 2.45 bits per heavy atom. The van der Waals surface area contributed by atoms with E-state index in [4.69, 9.17) is 26.8 Å². The third-order valence-electron chi connectivity index (χ3n) is 9.17. The highest BCUT2D eigenvalue weighted by molar-refractivity contribution is 6.38. The van der Waals surface area contributed by atoms with Crippen LogP contribution in [0.3, 0.4) is 0 Å². The summed E-state index contributed by atoms with van der Waals surface area (Å²) < 4.78 is 10.4. The highest BCUT2D eigenvalue weighted by Gasteiger charge is 2.37. The number of benzene rings is 2. The van der Waals surface area contributed by atoms with Crippen molar-refractivity contribution in [3.05, 3.63) is 70.5 Å². The van der Waals surface area contributed by atoms with E-state index in [1.54, 1.807) is 31.3 Å². The lowest BCUT2D eigenvalue weighted by Crippen LogP contribution is -2.50. The number of nitrogens with two attached hydrogens (primary N) is 3. The molecule has 9 N–H and O–H groups in total. The van der Waals surface area contributed by atoms with E-state index in [2.05, 4.69) is 16.0 Å². The van der Waals surface area contributed by atoms with Crippen LogP contribution in [0.25, 0.3) is 0 Å². The fourth-order valence-corrected chi connectivity index (χ4v) is 6.32. The number of ketones is 1. The van der Waals surface area contributed by atoms with Crippen molar-refractivity contribution in [2.75, 3.05) is 33.9 Å². The molecule has 17 heteroatoms. The number of hydrogen-bond acceptors (Lipinski definition) is 12. The first-order chi connectivity index (χ1) is 25.3. The Kier molecular flexibility index (Phi) is 14.1. The molecule has 2 fully saturated rings. The smallest absolute Gasteiger partial charge is 0.289 e. The van der Waals surface area contributed by atoms with Crippen molar-refractivity contribution in [3.8, 4) is 11.5 Å². The lowest BCUT2D eigenvalue weighted by Gasteiger charge is -2.23. The summed E-state index contributed by atoms with van der Waals surface area (Å²) in [4.78, 5) is 75.7. The van der Waals surface area contributed by atoms with E-state index >= 15 is 0 Å². The number of amides is 5. The predicted octanol–water partition coefficient (Wildman–Crippen LogP) is -0.742. The van der Waals surface area contributed by atoms with Gasteiger partial charge in [-0.1, -0.05) is 24.3 Å². The highest BCUT2D eigenvalue weighted by Crippen LogP contribution is 2.28. The number of hydrogen-bond donors (Lipinski definition) is 6. The molecule has 0 bridgehead atoms. The molecule has 0 aromatic heterocycles. The Balaban J connectivity index is 0.000000267. The Hall–Kier alpha value is -5.68. The quantitative estimate of drug-likeness (QED) is 0.0847. The summed E-state index contributed by atoms with van der Waals surface area (Å²) in [6.07, 6.45) is 3.24. The molecule has 2 saturated heterocycles. The van der Waals surface area contributed by atoms with Crippen LogP contribution in [0.15, 0.2) is 48.3 Å². The molecule has 2 atom stereocenters. The summed E-state index contributed by atoms with van der Waals surface area (Å²) in [6, 6.07) is 9.68. The number of rotatable bonds is 13. The second-order valence-electron chi connectivity index (χ2n) is 12.9. The number of hydrazine groups is 1. The summed E-state index contributed by atoms with van der Waals surface area (Å²) in [7, 11) is 3.02. The first-order valence-electron chi connectivity index (χ1n) is 17.3. The SMILES string of the molecule is CC(=O)N1Cc2cccc(CN(N)/C=C(\N)CN)c2C1.COc1ccc(CNC(=O)C(=O)C2CCCN2C(=O)CNC(=O)C2CCC(=O)N2)cc1OC. The molecule has 5 rings (SSSR count). The summed E-state index contributed by atoms with van der Waals surface area (Å²) in [5.74, 6) is 4.47. The number of methoxy groups -OCH3 is 2. The van der Waals surface area contributed by atoms with Gasteiger partial charge in [0.1, 0.15) is 12.1 Å². The largest absolute Gasteiger partial charge is 0.493 e. The maximum absolute atomic E-state index is 12.7. The second-order valence-corrected chi connectivity index (χ2v) is 12.9. The van der Waals surface area contributed by atoms with Crippen molar-refractivity contribution < 1.29 is 38.2 Å². The zero-order chi connectivity index (χ0) is 38.7.